The molecular formula is C42H71NO13. The van der Waals surface area contributed by atoms with E-state index in [1.54, 1.807) is 6.08 Å². The van der Waals surface area contributed by atoms with E-state index in [4.69, 9.17) is 18.9 Å². The smallest absolute Gasteiger partial charge is 0.220 e. The first kappa shape index (κ1) is 49.8. The molecule has 0 aromatic heterocycles. The van der Waals surface area contributed by atoms with Crippen molar-refractivity contribution in [1.29, 1.82) is 0 Å². The lowest BCUT2D eigenvalue weighted by Gasteiger charge is -2.46. The van der Waals surface area contributed by atoms with Gasteiger partial charge < -0.3 is 65.1 Å². The Hall–Kier alpha value is -2.31. The average molecular weight is 798 g/mol. The second-order valence-corrected chi connectivity index (χ2v) is 14.4. The first-order valence-corrected chi connectivity index (χ1v) is 20.5. The Morgan fingerprint density at radius 3 is 1.95 bits per heavy atom. The molecule has 0 spiro atoms. The minimum atomic E-state index is -1.79. The first-order chi connectivity index (χ1) is 27.1. The van der Waals surface area contributed by atoms with Crippen LogP contribution >= 0.6 is 0 Å². The van der Waals surface area contributed by atoms with Gasteiger partial charge in [0.05, 0.1) is 32.0 Å². The lowest BCUT2D eigenvalue weighted by Crippen LogP contribution is -2.65. The maximum Gasteiger partial charge on any atom is 0.220 e. The van der Waals surface area contributed by atoms with E-state index in [1.807, 2.05) is 19.1 Å². The van der Waals surface area contributed by atoms with Crippen molar-refractivity contribution in [2.24, 2.45) is 0 Å². The Bertz CT molecular complexity index is 1180. The van der Waals surface area contributed by atoms with E-state index in [2.05, 4.69) is 54.8 Å². The van der Waals surface area contributed by atoms with Crippen molar-refractivity contribution in [3.63, 3.8) is 0 Å². The SMILES string of the molecule is C/C=C/CC/C=C/CC/C=C/C(O)C(COC1OC(CO)C(OC2OC(CO)C(O)C(O)C2O)C(O)C1O)NC(=O)CCCCCCC/C=C\C/C=C\CCC. The van der Waals surface area contributed by atoms with Crippen molar-refractivity contribution in [1.82, 2.24) is 5.32 Å². The van der Waals surface area contributed by atoms with Crippen molar-refractivity contribution in [2.75, 3.05) is 19.8 Å². The molecule has 2 aliphatic rings. The molecule has 0 aromatic rings. The molecule has 2 heterocycles. The highest BCUT2D eigenvalue weighted by atomic mass is 16.7. The van der Waals surface area contributed by atoms with E-state index in [0.717, 1.165) is 70.6 Å². The molecule has 0 aliphatic carbocycles. The van der Waals surface area contributed by atoms with Crippen molar-refractivity contribution in [2.45, 2.75) is 177 Å². The van der Waals surface area contributed by atoms with Crippen LogP contribution in [-0.2, 0) is 23.7 Å². The quantitative estimate of drug-likeness (QED) is 0.0411. The van der Waals surface area contributed by atoms with Crippen LogP contribution in [-0.4, -0.2) is 140 Å². The Kier molecular flexibility index (Phi) is 26.6. The summed E-state index contributed by atoms with van der Waals surface area (Å²) in [5.41, 5.74) is 0. The van der Waals surface area contributed by atoms with Gasteiger partial charge in [0.2, 0.25) is 5.91 Å². The minimum Gasteiger partial charge on any atom is -0.394 e. The van der Waals surface area contributed by atoms with E-state index in [1.165, 1.54) is 0 Å². The topological polar surface area (TPSA) is 228 Å². The molecule has 0 bridgehead atoms. The van der Waals surface area contributed by atoms with Gasteiger partial charge in [0, 0.05) is 6.42 Å². The molecular weight excluding hydrogens is 726 g/mol. The first-order valence-electron chi connectivity index (χ1n) is 20.5. The van der Waals surface area contributed by atoms with Crippen molar-refractivity contribution in [3.8, 4) is 0 Å². The summed E-state index contributed by atoms with van der Waals surface area (Å²) in [5.74, 6) is -0.277. The summed E-state index contributed by atoms with van der Waals surface area (Å²) in [7, 11) is 0. The van der Waals surface area contributed by atoms with Gasteiger partial charge in [-0.15, -0.1) is 0 Å². The van der Waals surface area contributed by atoms with Crippen LogP contribution in [0.5, 0.6) is 0 Å². The van der Waals surface area contributed by atoms with E-state index in [9.17, 15) is 45.6 Å². The second-order valence-electron chi connectivity index (χ2n) is 14.4. The number of aliphatic hydroxyl groups is 8. The summed E-state index contributed by atoms with van der Waals surface area (Å²) in [4.78, 5) is 13.0. The normalized spacial score (nSPS) is 30.0. The van der Waals surface area contributed by atoms with Gasteiger partial charge in [0.25, 0.3) is 0 Å². The number of hydrogen-bond acceptors (Lipinski definition) is 13. The van der Waals surface area contributed by atoms with Gasteiger partial charge in [-0.05, 0) is 64.7 Å². The molecule has 14 nitrogen and oxygen atoms in total. The number of allylic oxidation sites excluding steroid dienone is 9. The zero-order valence-corrected chi connectivity index (χ0v) is 33.3. The van der Waals surface area contributed by atoms with E-state index < -0.39 is 86.8 Å². The number of ether oxygens (including phenoxy) is 4. The van der Waals surface area contributed by atoms with E-state index >= 15 is 0 Å². The molecule has 0 radical (unpaired) electrons. The molecule has 2 fully saturated rings. The van der Waals surface area contributed by atoms with Crippen molar-refractivity contribution >= 4 is 5.91 Å². The Labute approximate surface area is 333 Å². The minimum absolute atomic E-state index is 0.250. The van der Waals surface area contributed by atoms with Crippen LogP contribution in [0.15, 0.2) is 60.8 Å². The lowest BCUT2D eigenvalue weighted by molar-refractivity contribution is -0.359. The van der Waals surface area contributed by atoms with Crippen molar-refractivity contribution in [3.05, 3.63) is 60.8 Å². The Balaban J connectivity index is 1.95. The van der Waals surface area contributed by atoms with Crippen LogP contribution in [0.25, 0.3) is 0 Å². The molecule has 0 aromatic carbocycles. The number of hydrogen-bond donors (Lipinski definition) is 9. The molecule has 2 aliphatic heterocycles. The van der Waals surface area contributed by atoms with Gasteiger partial charge in [-0.25, -0.2) is 0 Å². The number of aliphatic hydroxyl groups excluding tert-OH is 8. The summed E-state index contributed by atoms with van der Waals surface area (Å²) >= 11 is 0. The van der Waals surface area contributed by atoms with E-state index in [0.29, 0.717) is 12.8 Å². The fourth-order valence-corrected chi connectivity index (χ4v) is 6.30. The Morgan fingerprint density at radius 2 is 1.27 bits per heavy atom. The summed E-state index contributed by atoms with van der Waals surface area (Å²) < 4.78 is 22.5. The summed E-state index contributed by atoms with van der Waals surface area (Å²) in [6.07, 6.45) is 16.0. The third kappa shape index (κ3) is 18.5. The Morgan fingerprint density at radius 1 is 0.679 bits per heavy atom. The molecule has 9 N–H and O–H groups in total. The van der Waals surface area contributed by atoms with Gasteiger partial charge in [0.15, 0.2) is 12.6 Å². The van der Waals surface area contributed by atoms with Crippen molar-refractivity contribution < 1.29 is 64.6 Å². The summed E-state index contributed by atoms with van der Waals surface area (Å²) in [6, 6.07) is -0.942. The third-order valence-corrected chi connectivity index (χ3v) is 9.73. The molecule has 1 amide bonds. The maximum atomic E-state index is 13.0. The average Bonchev–Trinajstić information content (AvgIpc) is 3.19. The summed E-state index contributed by atoms with van der Waals surface area (Å²) in [5, 5.41) is 86.0. The third-order valence-electron chi connectivity index (χ3n) is 9.73. The number of nitrogens with one attached hydrogen (secondary N) is 1. The van der Waals surface area contributed by atoms with Crippen LogP contribution in [0.3, 0.4) is 0 Å². The molecule has 56 heavy (non-hydrogen) atoms. The molecule has 0 saturated carbocycles. The van der Waals surface area contributed by atoms with Gasteiger partial charge in [-0.1, -0.05) is 93.4 Å². The number of carbonyl (C=O) groups excluding carboxylic acids is 1. The monoisotopic (exact) mass is 797 g/mol. The number of carbonyl (C=O) groups is 1. The highest BCUT2D eigenvalue weighted by Gasteiger charge is 2.50. The van der Waals surface area contributed by atoms with Gasteiger partial charge in [-0.2, -0.15) is 0 Å². The standard InChI is InChI=1S/C42H71NO13/c1-3-5-7-9-11-13-14-15-16-18-20-22-24-26-34(47)43-30(31(46)25-23-21-19-17-12-10-8-6-4-2)29-53-41-39(52)37(50)40(33(28-45)55-41)56-42-38(51)36(49)35(48)32(27-44)54-42/h4,6-7,9,12-14,17,23,25,30-33,35-42,44-46,48-52H,3,5,8,10-11,15-16,18-22,24,26-29H2,1-2H3,(H,43,47)/b6-4+,9-7-,14-13-,17-12+,25-23+. The van der Waals surface area contributed by atoms with E-state index in [-0.39, 0.29) is 18.9 Å². The van der Waals surface area contributed by atoms with Crippen LogP contribution in [0.4, 0.5) is 0 Å². The highest BCUT2D eigenvalue weighted by molar-refractivity contribution is 5.76. The predicted octanol–water partition coefficient (Wildman–Crippen LogP) is 2.76. The van der Waals surface area contributed by atoms with Crippen LogP contribution < -0.4 is 5.32 Å². The fourth-order valence-electron chi connectivity index (χ4n) is 6.30. The zero-order valence-electron chi connectivity index (χ0n) is 33.3. The molecule has 14 heteroatoms. The second kappa shape index (κ2) is 29.8. The maximum absolute atomic E-state index is 13.0. The predicted molar refractivity (Wildman–Crippen MR) is 212 cm³/mol. The van der Waals surface area contributed by atoms with Crippen LogP contribution in [0.1, 0.15) is 104 Å². The molecule has 2 saturated heterocycles. The molecule has 12 unspecified atom stereocenters. The number of rotatable bonds is 28. The van der Waals surface area contributed by atoms with Gasteiger partial charge in [-0.3, -0.25) is 4.79 Å². The number of amides is 1. The fraction of sp³-hybridized carbons (Fsp3) is 0.738. The van der Waals surface area contributed by atoms with Crippen LogP contribution in [0.2, 0.25) is 0 Å². The zero-order chi connectivity index (χ0) is 41.1. The van der Waals surface area contributed by atoms with Gasteiger partial charge in [0.1, 0.15) is 48.8 Å². The van der Waals surface area contributed by atoms with Gasteiger partial charge >= 0.3 is 0 Å². The lowest BCUT2D eigenvalue weighted by atomic mass is 9.97. The molecule has 2 rings (SSSR count). The summed E-state index contributed by atoms with van der Waals surface area (Å²) in [6.45, 7) is 2.39. The largest absolute Gasteiger partial charge is 0.394 e. The molecule has 322 valence electrons. The number of unbranched alkanes of at least 4 members (excludes halogenated alkanes) is 8. The highest BCUT2D eigenvalue weighted by Crippen LogP contribution is 2.29. The van der Waals surface area contributed by atoms with Crippen LogP contribution in [0, 0.1) is 0 Å². The molecule has 12 atom stereocenters.